The number of hydrogen-bond donors (Lipinski definition) is 3. The summed E-state index contributed by atoms with van der Waals surface area (Å²) in [4.78, 5) is 12.3. The molecule has 3 heterocycles. The van der Waals surface area contributed by atoms with Gasteiger partial charge in [-0.1, -0.05) is 0 Å². The summed E-state index contributed by atoms with van der Waals surface area (Å²) in [6.07, 6.45) is 7.06. The second kappa shape index (κ2) is 6.06. The molecule has 1 aliphatic rings. The van der Waals surface area contributed by atoms with Crippen molar-refractivity contribution in [3.63, 3.8) is 0 Å². The lowest BCUT2D eigenvalue weighted by atomic mass is 9.90. The van der Waals surface area contributed by atoms with Crippen LogP contribution in [0.25, 0.3) is 0 Å². The van der Waals surface area contributed by atoms with Gasteiger partial charge in [0, 0.05) is 38.4 Å². The van der Waals surface area contributed by atoms with Gasteiger partial charge in [-0.2, -0.15) is 10.2 Å². The summed E-state index contributed by atoms with van der Waals surface area (Å²) in [5, 5.41) is 16.8. The Hall–Kier alpha value is -1.86. The van der Waals surface area contributed by atoms with Crippen LogP contribution in [-0.4, -0.2) is 39.0 Å². The SMILES string of the molecule is Cl.Cn1cc([C@H]2CNC[C@@H]2C(=O)Nc2cn[nH]c2)cn1. The van der Waals surface area contributed by atoms with Crippen molar-refractivity contribution in [1.29, 1.82) is 0 Å². The van der Waals surface area contributed by atoms with Gasteiger partial charge in [-0.25, -0.2) is 0 Å². The normalized spacial score (nSPS) is 21.4. The first-order chi connectivity index (χ1) is 9.24. The van der Waals surface area contributed by atoms with Crippen LogP contribution in [0.1, 0.15) is 11.5 Å². The Morgan fingerprint density at radius 1 is 1.45 bits per heavy atom. The number of H-pyrrole nitrogens is 1. The molecule has 0 spiro atoms. The molecule has 7 nitrogen and oxygen atoms in total. The van der Waals surface area contributed by atoms with Gasteiger partial charge < -0.3 is 10.6 Å². The van der Waals surface area contributed by atoms with E-state index >= 15 is 0 Å². The molecule has 1 fully saturated rings. The number of anilines is 1. The van der Waals surface area contributed by atoms with Crippen molar-refractivity contribution in [3.05, 3.63) is 30.4 Å². The molecule has 2 atom stereocenters. The minimum Gasteiger partial charge on any atom is -0.323 e. The molecule has 1 saturated heterocycles. The number of aromatic nitrogens is 4. The lowest BCUT2D eigenvalue weighted by Crippen LogP contribution is -2.27. The predicted molar refractivity (Wildman–Crippen MR) is 76.8 cm³/mol. The number of carbonyl (C=O) groups excluding carboxylic acids is 1. The maximum atomic E-state index is 12.3. The molecule has 8 heteroatoms. The Morgan fingerprint density at radius 3 is 2.95 bits per heavy atom. The molecule has 20 heavy (non-hydrogen) atoms. The largest absolute Gasteiger partial charge is 0.323 e. The minimum atomic E-state index is -0.0842. The second-order valence-electron chi connectivity index (χ2n) is 4.79. The molecule has 108 valence electrons. The molecular weight excluding hydrogens is 280 g/mol. The standard InChI is InChI=1S/C12H16N6O.ClH/c1-18-7-8(2-16-18)10-5-13-6-11(10)12(19)17-9-3-14-15-4-9;/h2-4,7,10-11,13H,5-6H2,1H3,(H,14,15)(H,17,19);1H/t10-,11+;/m1./s1. The van der Waals surface area contributed by atoms with Gasteiger partial charge in [0.2, 0.25) is 5.91 Å². The summed E-state index contributed by atoms with van der Waals surface area (Å²) in [5.74, 6) is 0.0972. The van der Waals surface area contributed by atoms with Gasteiger partial charge in [0.25, 0.3) is 0 Å². The number of nitrogens with one attached hydrogen (secondary N) is 3. The van der Waals surface area contributed by atoms with Crippen LogP contribution in [0.2, 0.25) is 0 Å². The van der Waals surface area contributed by atoms with E-state index in [-0.39, 0.29) is 30.2 Å². The van der Waals surface area contributed by atoms with Crippen LogP contribution >= 0.6 is 12.4 Å². The van der Waals surface area contributed by atoms with Crippen molar-refractivity contribution in [2.75, 3.05) is 18.4 Å². The van der Waals surface area contributed by atoms with Crippen molar-refractivity contribution >= 4 is 24.0 Å². The van der Waals surface area contributed by atoms with E-state index in [4.69, 9.17) is 0 Å². The van der Waals surface area contributed by atoms with Gasteiger partial charge in [-0.15, -0.1) is 12.4 Å². The summed E-state index contributed by atoms with van der Waals surface area (Å²) in [6, 6.07) is 0. The Kier molecular flexibility index (Phi) is 4.41. The van der Waals surface area contributed by atoms with Gasteiger partial charge in [-0.05, 0) is 5.56 Å². The van der Waals surface area contributed by atoms with Crippen LogP contribution < -0.4 is 10.6 Å². The molecule has 3 rings (SSSR count). The maximum Gasteiger partial charge on any atom is 0.229 e. The van der Waals surface area contributed by atoms with Gasteiger partial charge in [0.15, 0.2) is 0 Å². The molecule has 1 amide bonds. The molecule has 2 aromatic heterocycles. The summed E-state index contributed by atoms with van der Waals surface area (Å²) in [7, 11) is 1.88. The number of amides is 1. The number of halogens is 1. The third kappa shape index (κ3) is 2.83. The molecule has 0 radical (unpaired) electrons. The number of nitrogens with zero attached hydrogens (tertiary/aromatic N) is 3. The van der Waals surface area contributed by atoms with Crippen LogP contribution in [0.5, 0.6) is 0 Å². The highest BCUT2D eigenvalue weighted by molar-refractivity contribution is 5.93. The van der Waals surface area contributed by atoms with E-state index in [1.54, 1.807) is 17.1 Å². The average Bonchev–Trinajstić information content (AvgIpc) is 3.07. The van der Waals surface area contributed by atoms with E-state index in [0.29, 0.717) is 12.2 Å². The molecule has 1 aliphatic heterocycles. The van der Waals surface area contributed by atoms with E-state index in [9.17, 15) is 4.79 Å². The van der Waals surface area contributed by atoms with Crippen LogP contribution in [0.15, 0.2) is 24.8 Å². The van der Waals surface area contributed by atoms with E-state index < -0.39 is 0 Å². The van der Waals surface area contributed by atoms with Crippen molar-refractivity contribution in [1.82, 2.24) is 25.3 Å². The number of hydrogen-bond acceptors (Lipinski definition) is 4. The molecule has 2 aromatic rings. The second-order valence-corrected chi connectivity index (χ2v) is 4.79. The predicted octanol–water partition coefficient (Wildman–Crippen LogP) is 0.507. The molecule has 0 bridgehead atoms. The highest BCUT2D eigenvalue weighted by atomic mass is 35.5. The highest BCUT2D eigenvalue weighted by Crippen LogP contribution is 2.28. The van der Waals surface area contributed by atoms with Crippen molar-refractivity contribution in [2.45, 2.75) is 5.92 Å². The zero-order valence-electron chi connectivity index (χ0n) is 11.0. The summed E-state index contributed by atoms with van der Waals surface area (Å²) in [6.45, 7) is 1.48. The third-order valence-electron chi connectivity index (χ3n) is 3.47. The first kappa shape index (κ1) is 14.5. The minimum absolute atomic E-state index is 0. The van der Waals surface area contributed by atoms with Crippen LogP contribution in [0.3, 0.4) is 0 Å². The van der Waals surface area contributed by atoms with Crippen molar-refractivity contribution in [2.24, 2.45) is 13.0 Å². The maximum absolute atomic E-state index is 12.3. The van der Waals surface area contributed by atoms with Crippen LogP contribution in [0.4, 0.5) is 5.69 Å². The Balaban J connectivity index is 0.00000147. The number of aryl methyl sites for hydroxylation is 1. The van der Waals surface area contributed by atoms with Crippen molar-refractivity contribution < 1.29 is 4.79 Å². The first-order valence-electron chi connectivity index (χ1n) is 6.23. The fourth-order valence-corrected chi connectivity index (χ4v) is 2.49. The van der Waals surface area contributed by atoms with Gasteiger partial charge in [0.1, 0.15) is 0 Å². The zero-order chi connectivity index (χ0) is 13.2. The summed E-state index contributed by atoms with van der Waals surface area (Å²) >= 11 is 0. The third-order valence-corrected chi connectivity index (χ3v) is 3.47. The van der Waals surface area contributed by atoms with E-state index in [1.165, 1.54) is 0 Å². The number of rotatable bonds is 3. The Morgan fingerprint density at radius 2 is 2.30 bits per heavy atom. The van der Waals surface area contributed by atoms with Crippen LogP contribution in [-0.2, 0) is 11.8 Å². The Labute approximate surface area is 122 Å². The average molecular weight is 297 g/mol. The first-order valence-corrected chi connectivity index (χ1v) is 6.23. The quantitative estimate of drug-likeness (QED) is 0.770. The molecule has 0 aliphatic carbocycles. The van der Waals surface area contributed by atoms with Crippen LogP contribution in [0, 0.1) is 5.92 Å². The van der Waals surface area contributed by atoms with Gasteiger partial charge >= 0.3 is 0 Å². The molecule has 0 saturated carbocycles. The lowest BCUT2D eigenvalue weighted by Gasteiger charge is -2.16. The highest BCUT2D eigenvalue weighted by Gasteiger charge is 2.34. The van der Waals surface area contributed by atoms with E-state index in [1.807, 2.05) is 19.4 Å². The fraction of sp³-hybridized carbons (Fsp3) is 0.417. The number of carbonyl (C=O) groups is 1. The molecule has 3 N–H and O–H groups in total. The summed E-state index contributed by atoms with van der Waals surface area (Å²) < 4.78 is 1.76. The van der Waals surface area contributed by atoms with E-state index in [0.717, 1.165) is 12.1 Å². The number of aromatic amines is 1. The van der Waals surface area contributed by atoms with Gasteiger partial charge in [-0.3, -0.25) is 14.6 Å². The Bertz CT molecular complexity index is 566. The topological polar surface area (TPSA) is 87.6 Å². The lowest BCUT2D eigenvalue weighted by molar-refractivity contribution is -0.119. The van der Waals surface area contributed by atoms with E-state index in [2.05, 4.69) is 25.9 Å². The zero-order valence-corrected chi connectivity index (χ0v) is 11.9. The van der Waals surface area contributed by atoms with Gasteiger partial charge in [0.05, 0.1) is 24.0 Å². The molecule has 0 unspecified atom stereocenters. The molecular formula is C12H17ClN6O. The van der Waals surface area contributed by atoms with Crippen molar-refractivity contribution in [3.8, 4) is 0 Å². The smallest absolute Gasteiger partial charge is 0.229 e. The molecule has 0 aromatic carbocycles. The summed E-state index contributed by atoms with van der Waals surface area (Å²) in [5.41, 5.74) is 1.79. The monoisotopic (exact) mass is 296 g/mol. The fourth-order valence-electron chi connectivity index (χ4n) is 2.49.